The molecule has 11 heteroatoms. The SMILES string of the molecule is C=CCCC(=O)NC[C@@H](C)OC(=O)[C@@H]1[C@H]2O[C@@]3(CC2Br)[C@H](C(=O)N(CC=C)CCCCC)N([C@@H](CO)Cc2ccccc2)C(=O)[C@@H]13. The van der Waals surface area contributed by atoms with Gasteiger partial charge < -0.3 is 29.7 Å². The van der Waals surface area contributed by atoms with Crippen LogP contribution in [0.5, 0.6) is 0 Å². The first-order valence-corrected chi connectivity index (χ1v) is 17.3. The van der Waals surface area contributed by atoms with E-state index in [4.69, 9.17) is 9.47 Å². The minimum absolute atomic E-state index is 0.118. The van der Waals surface area contributed by atoms with Gasteiger partial charge in [-0.25, -0.2) is 0 Å². The highest BCUT2D eigenvalue weighted by atomic mass is 79.9. The predicted octanol–water partition coefficient (Wildman–Crippen LogP) is 3.56. The van der Waals surface area contributed by atoms with E-state index in [0.29, 0.717) is 32.4 Å². The molecule has 3 amide bonds. The van der Waals surface area contributed by atoms with Crippen molar-refractivity contribution in [2.45, 2.75) is 93.5 Å². The van der Waals surface area contributed by atoms with E-state index >= 15 is 0 Å². The number of benzene rings is 1. The fourth-order valence-electron chi connectivity index (χ4n) is 7.22. The van der Waals surface area contributed by atoms with E-state index in [-0.39, 0.29) is 36.2 Å². The summed E-state index contributed by atoms with van der Waals surface area (Å²) in [5.74, 6) is -3.38. The van der Waals surface area contributed by atoms with Gasteiger partial charge in [-0.1, -0.05) is 78.2 Å². The van der Waals surface area contributed by atoms with E-state index in [9.17, 15) is 24.3 Å². The van der Waals surface area contributed by atoms with Crippen molar-refractivity contribution in [1.29, 1.82) is 0 Å². The Morgan fingerprint density at radius 2 is 1.98 bits per heavy atom. The maximum Gasteiger partial charge on any atom is 0.312 e. The second-order valence-corrected chi connectivity index (χ2v) is 13.8. The molecule has 2 bridgehead atoms. The molecule has 4 rings (SSSR count). The number of hydrogen-bond acceptors (Lipinski definition) is 7. The number of unbranched alkanes of at least 4 members (excludes halogenated alkanes) is 2. The van der Waals surface area contributed by atoms with Crippen LogP contribution in [0.25, 0.3) is 0 Å². The number of carbonyl (C=O) groups excluding carboxylic acids is 4. The minimum Gasteiger partial charge on any atom is -0.460 e. The maximum atomic E-state index is 14.6. The largest absolute Gasteiger partial charge is 0.460 e. The molecule has 0 aromatic heterocycles. The Morgan fingerprint density at radius 3 is 2.63 bits per heavy atom. The van der Waals surface area contributed by atoms with Crippen molar-refractivity contribution in [2.75, 3.05) is 26.2 Å². The van der Waals surface area contributed by atoms with Crippen LogP contribution in [0.4, 0.5) is 0 Å². The zero-order valence-corrected chi connectivity index (χ0v) is 28.5. The van der Waals surface area contributed by atoms with Crippen LogP contribution in [0.2, 0.25) is 0 Å². The van der Waals surface area contributed by atoms with Crippen LogP contribution in [0.15, 0.2) is 55.6 Å². The lowest BCUT2D eigenvalue weighted by atomic mass is 9.70. The first-order valence-electron chi connectivity index (χ1n) is 16.4. The number of carbonyl (C=O) groups is 4. The number of halogens is 1. The van der Waals surface area contributed by atoms with E-state index < -0.39 is 53.6 Å². The lowest BCUT2D eigenvalue weighted by molar-refractivity contribution is -0.160. The van der Waals surface area contributed by atoms with Crippen molar-refractivity contribution in [2.24, 2.45) is 11.8 Å². The summed E-state index contributed by atoms with van der Waals surface area (Å²) < 4.78 is 12.4. The zero-order valence-electron chi connectivity index (χ0n) is 26.9. The number of likely N-dealkylation sites (tertiary alicyclic amines) is 1. The molecule has 3 heterocycles. The first kappa shape index (κ1) is 35.8. The number of ether oxygens (including phenoxy) is 2. The van der Waals surface area contributed by atoms with Crippen LogP contribution in [0.1, 0.15) is 57.9 Å². The number of nitrogens with one attached hydrogen (secondary N) is 1. The monoisotopic (exact) mass is 701 g/mol. The number of hydrogen-bond donors (Lipinski definition) is 2. The van der Waals surface area contributed by atoms with Crippen LogP contribution in [0, 0.1) is 11.8 Å². The molecule has 10 nitrogen and oxygen atoms in total. The highest BCUT2D eigenvalue weighted by molar-refractivity contribution is 9.09. The summed E-state index contributed by atoms with van der Waals surface area (Å²) in [7, 11) is 0. The van der Waals surface area contributed by atoms with E-state index in [1.165, 1.54) is 4.90 Å². The normalized spacial score (nSPS) is 27.5. The number of alkyl halides is 1. The molecular weight excluding hydrogens is 654 g/mol. The van der Waals surface area contributed by atoms with Gasteiger partial charge in [0.05, 0.1) is 37.1 Å². The summed E-state index contributed by atoms with van der Waals surface area (Å²) in [6.45, 7) is 11.8. The number of fused-ring (bicyclic) bond motifs is 1. The molecule has 0 aliphatic carbocycles. The third kappa shape index (κ3) is 7.42. The molecule has 252 valence electrons. The van der Waals surface area contributed by atoms with Crippen molar-refractivity contribution in [3.63, 3.8) is 0 Å². The Bertz CT molecular complexity index is 1260. The highest BCUT2D eigenvalue weighted by Gasteiger charge is 2.77. The van der Waals surface area contributed by atoms with E-state index in [1.807, 2.05) is 30.3 Å². The van der Waals surface area contributed by atoms with Crippen LogP contribution in [0.3, 0.4) is 0 Å². The average molecular weight is 703 g/mol. The second-order valence-electron chi connectivity index (χ2n) is 12.6. The lowest BCUT2D eigenvalue weighted by Gasteiger charge is -2.39. The first-order chi connectivity index (χ1) is 22.1. The number of aliphatic hydroxyl groups is 1. The number of amides is 3. The third-order valence-electron chi connectivity index (χ3n) is 9.32. The third-order valence-corrected chi connectivity index (χ3v) is 10.2. The number of rotatable bonds is 18. The summed E-state index contributed by atoms with van der Waals surface area (Å²) in [6, 6.07) is 7.75. The van der Waals surface area contributed by atoms with E-state index in [1.54, 1.807) is 24.0 Å². The molecule has 3 aliphatic heterocycles. The quantitative estimate of drug-likeness (QED) is 0.104. The number of aliphatic hydroxyl groups excluding tert-OH is 1. The Kier molecular flexibility index (Phi) is 12.6. The zero-order chi connectivity index (χ0) is 33.4. The molecule has 3 saturated heterocycles. The summed E-state index contributed by atoms with van der Waals surface area (Å²) in [5, 5.41) is 13.5. The van der Waals surface area contributed by atoms with Gasteiger partial charge in [-0.2, -0.15) is 0 Å². The molecule has 2 N–H and O–H groups in total. The van der Waals surface area contributed by atoms with Gasteiger partial charge in [0.1, 0.15) is 17.7 Å². The lowest BCUT2D eigenvalue weighted by Crippen LogP contribution is -2.59. The Hall–Kier alpha value is -3.02. The molecule has 46 heavy (non-hydrogen) atoms. The minimum atomic E-state index is -1.28. The van der Waals surface area contributed by atoms with E-state index in [2.05, 4.69) is 41.3 Å². The number of allylic oxidation sites excluding steroid dienone is 1. The molecule has 1 unspecified atom stereocenters. The molecule has 0 radical (unpaired) electrons. The smallest absolute Gasteiger partial charge is 0.312 e. The van der Waals surface area contributed by atoms with Crippen molar-refractivity contribution < 1.29 is 33.8 Å². The van der Waals surface area contributed by atoms with Crippen LogP contribution in [-0.2, 0) is 35.1 Å². The van der Waals surface area contributed by atoms with Crippen molar-refractivity contribution in [1.82, 2.24) is 15.1 Å². The molecule has 1 aromatic carbocycles. The van der Waals surface area contributed by atoms with Gasteiger partial charge in [-0.05, 0) is 38.2 Å². The van der Waals surface area contributed by atoms with Gasteiger partial charge in [-0.15, -0.1) is 13.2 Å². The Balaban J connectivity index is 1.67. The second kappa shape index (κ2) is 16.2. The van der Waals surface area contributed by atoms with Gasteiger partial charge in [0, 0.05) is 24.3 Å². The molecule has 8 atom stereocenters. The summed E-state index contributed by atoms with van der Waals surface area (Å²) >= 11 is 3.70. The summed E-state index contributed by atoms with van der Waals surface area (Å²) in [6.07, 6.45) is 6.22. The fraction of sp³-hybridized carbons (Fsp3) is 0.600. The van der Waals surface area contributed by atoms with Gasteiger partial charge in [0.15, 0.2) is 0 Å². The maximum absolute atomic E-state index is 14.6. The standard InChI is InChI=1S/C35H48BrN3O7/c1-5-8-13-18-38(17-7-3)33(43)31-35-20-26(36)30(46-35)28(34(44)45-23(4)21-37-27(41)16-9-6-2)29(35)32(42)39(31)25(22-40)19-24-14-11-10-12-15-24/h6-7,10-12,14-15,23,25-26,28-31,40H,2-3,5,8-9,13,16-22H2,1,4H3,(H,37,41)/t23-,25-,26?,28+,29-,30+,31+,35-/m1/s1. The summed E-state index contributed by atoms with van der Waals surface area (Å²) in [5.41, 5.74) is -0.378. The molecule has 1 aromatic rings. The van der Waals surface area contributed by atoms with Crippen LogP contribution in [-0.4, -0.2) is 99.6 Å². The number of nitrogens with zero attached hydrogens (tertiary/aromatic N) is 2. The van der Waals surface area contributed by atoms with Crippen LogP contribution >= 0.6 is 15.9 Å². The predicted molar refractivity (Wildman–Crippen MR) is 178 cm³/mol. The molecule has 3 fully saturated rings. The summed E-state index contributed by atoms with van der Waals surface area (Å²) in [4.78, 5) is 58.1. The molecule has 1 spiro atoms. The molecule has 3 aliphatic rings. The highest BCUT2D eigenvalue weighted by Crippen LogP contribution is 2.60. The van der Waals surface area contributed by atoms with Gasteiger partial charge in [0.25, 0.3) is 0 Å². The average Bonchev–Trinajstić information content (AvgIpc) is 3.64. The fourth-order valence-corrected chi connectivity index (χ4v) is 8.16. The van der Waals surface area contributed by atoms with E-state index in [0.717, 1.165) is 24.8 Å². The molecular formula is C35H48BrN3O7. The van der Waals surface area contributed by atoms with Crippen molar-refractivity contribution in [3.8, 4) is 0 Å². The Labute approximate surface area is 280 Å². The topological polar surface area (TPSA) is 125 Å². The molecule has 0 saturated carbocycles. The van der Waals surface area contributed by atoms with Gasteiger partial charge >= 0.3 is 5.97 Å². The Morgan fingerprint density at radius 1 is 1.24 bits per heavy atom. The van der Waals surface area contributed by atoms with Gasteiger partial charge in [-0.3, -0.25) is 19.2 Å². The van der Waals surface area contributed by atoms with Gasteiger partial charge in [0.2, 0.25) is 17.7 Å². The number of esters is 1. The van der Waals surface area contributed by atoms with Crippen LogP contribution < -0.4 is 5.32 Å². The van der Waals surface area contributed by atoms with Crippen molar-refractivity contribution in [3.05, 3.63) is 61.2 Å². The van der Waals surface area contributed by atoms with Crippen molar-refractivity contribution >= 4 is 39.6 Å².